The number of carbonyl (C=O) groups excluding carboxylic acids is 4. The summed E-state index contributed by atoms with van der Waals surface area (Å²) in [4.78, 5) is 51.1. The van der Waals surface area contributed by atoms with Gasteiger partial charge in [0.2, 0.25) is 0 Å². The Morgan fingerprint density at radius 2 is 1.59 bits per heavy atom. The molecule has 3 aromatic rings. The first-order valence-electron chi connectivity index (χ1n) is 10.2. The number of amides is 3. The van der Waals surface area contributed by atoms with E-state index in [1.54, 1.807) is 30.3 Å². The van der Waals surface area contributed by atoms with Crippen LogP contribution in [0.25, 0.3) is 0 Å². The number of benzene rings is 3. The summed E-state index contributed by atoms with van der Waals surface area (Å²) in [5.41, 5.74) is 1.54. The van der Waals surface area contributed by atoms with Gasteiger partial charge in [0.25, 0.3) is 17.7 Å². The molecule has 0 aromatic heterocycles. The van der Waals surface area contributed by atoms with Crippen LogP contribution in [0.1, 0.15) is 36.6 Å². The van der Waals surface area contributed by atoms with Crippen molar-refractivity contribution in [3.05, 3.63) is 94.8 Å². The lowest BCUT2D eigenvalue weighted by Gasteiger charge is -2.16. The van der Waals surface area contributed by atoms with Gasteiger partial charge in [0.15, 0.2) is 6.61 Å². The summed E-state index contributed by atoms with van der Waals surface area (Å²) in [6.07, 6.45) is 0. The van der Waals surface area contributed by atoms with Gasteiger partial charge in [-0.15, -0.1) is 0 Å². The van der Waals surface area contributed by atoms with Crippen molar-refractivity contribution >= 4 is 29.4 Å². The highest BCUT2D eigenvalue weighted by atomic mass is 19.1. The number of hydrogen-bond acceptors (Lipinski definition) is 6. The fraction of sp³-hybridized carbons (Fsp3) is 0.120. The summed E-state index contributed by atoms with van der Waals surface area (Å²) >= 11 is 0. The van der Waals surface area contributed by atoms with E-state index in [1.165, 1.54) is 43.5 Å². The van der Waals surface area contributed by atoms with E-state index in [9.17, 15) is 23.6 Å². The second-order valence-corrected chi connectivity index (χ2v) is 7.41. The van der Waals surface area contributed by atoms with Crippen LogP contribution in [0.5, 0.6) is 5.75 Å². The van der Waals surface area contributed by atoms with Crippen molar-refractivity contribution < 1.29 is 33.0 Å². The molecule has 0 saturated heterocycles. The first-order valence-corrected chi connectivity index (χ1v) is 10.2. The van der Waals surface area contributed by atoms with Gasteiger partial charge in [-0.25, -0.2) is 9.18 Å². The third kappa shape index (κ3) is 4.63. The third-order valence-electron chi connectivity index (χ3n) is 5.17. The minimum atomic E-state index is -0.824. The molecule has 9 heteroatoms. The minimum absolute atomic E-state index is 0.0335. The zero-order chi connectivity index (χ0) is 24.2. The number of anilines is 1. The molecule has 34 heavy (non-hydrogen) atoms. The number of fused-ring (bicyclic) bond motifs is 1. The maximum absolute atomic E-state index is 13.0. The van der Waals surface area contributed by atoms with Gasteiger partial charge in [-0.3, -0.25) is 19.3 Å². The van der Waals surface area contributed by atoms with Crippen LogP contribution in [0, 0.1) is 5.82 Å². The van der Waals surface area contributed by atoms with E-state index in [2.05, 4.69) is 5.32 Å². The molecule has 8 nitrogen and oxygen atoms in total. The van der Waals surface area contributed by atoms with Gasteiger partial charge >= 0.3 is 5.97 Å². The van der Waals surface area contributed by atoms with Crippen LogP contribution >= 0.6 is 0 Å². The molecular weight excluding hydrogens is 443 g/mol. The number of esters is 1. The Hall–Kier alpha value is -4.53. The highest BCUT2D eigenvalue weighted by Crippen LogP contribution is 2.26. The molecule has 0 atom stereocenters. The second-order valence-electron chi connectivity index (χ2n) is 7.41. The van der Waals surface area contributed by atoms with Gasteiger partial charge in [-0.2, -0.15) is 0 Å². The number of hydrogen-bond donors (Lipinski definition) is 1. The minimum Gasteiger partial charge on any atom is -0.496 e. The lowest BCUT2D eigenvalue weighted by molar-refractivity contribution is -0.119. The van der Waals surface area contributed by atoms with Crippen LogP contribution in [-0.2, 0) is 16.1 Å². The molecule has 1 aliphatic rings. The van der Waals surface area contributed by atoms with Gasteiger partial charge < -0.3 is 14.8 Å². The predicted octanol–water partition coefficient (Wildman–Crippen LogP) is 3.43. The third-order valence-corrected chi connectivity index (χ3v) is 5.17. The zero-order valence-electron chi connectivity index (χ0n) is 18.0. The molecule has 4 rings (SSSR count). The number of halogens is 1. The molecule has 172 valence electrons. The quantitative estimate of drug-likeness (QED) is 0.426. The predicted molar refractivity (Wildman–Crippen MR) is 119 cm³/mol. The first kappa shape index (κ1) is 22.7. The molecule has 1 heterocycles. The Bertz CT molecular complexity index is 1250. The molecule has 1 aliphatic heterocycles. The fourth-order valence-corrected chi connectivity index (χ4v) is 3.52. The lowest BCUT2D eigenvalue weighted by atomic mass is 10.1. The normalized spacial score (nSPS) is 12.4. The Balaban J connectivity index is 1.44. The number of ether oxygens (including phenoxy) is 2. The van der Waals surface area contributed by atoms with Crippen molar-refractivity contribution in [3.63, 3.8) is 0 Å². The van der Waals surface area contributed by atoms with E-state index in [1.807, 2.05) is 0 Å². The number of rotatable bonds is 7. The lowest BCUT2D eigenvalue weighted by Crippen LogP contribution is -2.29. The number of carbonyl (C=O) groups is 4. The summed E-state index contributed by atoms with van der Waals surface area (Å²) in [6, 6.07) is 16.3. The van der Waals surface area contributed by atoms with E-state index in [0.717, 1.165) is 4.90 Å². The summed E-state index contributed by atoms with van der Waals surface area (Å²) in [5, 5.41) is 2.49. The summed E-state index contributed by atoms with van der Waals surface area (Å²) in [6.45, 7) is -0.635. The van der Waals surface area contributed by atoms with Crippen LogP contribution in [0.4, 0.5) is 10.1 Å². The molecule has 3 amide bonds. The van der Waals surface area contributed by atoms with Crippen LogP contribution in [0.2, 0.25) is 0 Å². The molecular formula is C25H19FN2O6. The van der Waals surface area contributed by atoms with Crippen molar-refractivity contribution in [3.8, 4) is 5.75 Å². The number of methoxy groups -OCH3 is 1. The average molecular weight is 462 g/mol. The largest absolute Gasteiger partial charge is 0.496 e. The Kier molecular flexibility index (Phi) is 6.35. The first-order chi connectivity index (χ1) is 16.4. The number of imide groups is 1. The Morgan fingerprint density at radius 1 is 0.941 bits per heavy atom. The molecule has 0 aliphatic carbocycles. The van der Waals surface area contributed by atoms with Crippen molar-refractivity contribution in [2.75, 3.05) is 19.0 Å². The monoisotopic (exact) mass is 462 g/mol. The fourth-order valence-electron chi connectivity index (χ4n) is 3.52. The Morgan fingerprint density at radius 3 is 2.21 bits per heavy atom. The van der Waals surface area contributed by atoms with E-state index >= 15 is 0 Å². The van der Waals surface area contributed by atoms with E-state index in [-0.39, 0.29) is 17.9 Å². The van der Waals surface area contributed by atoms with E-state index in [4.69, 9.17) is 9.47 Å². The van der Waals surface area contributed by atoms with Crippen molar-refractivity contribution in [1.29, 1.82) is 0 Å². The molecule has 0 unspecified atom stereocenters. The van der Waals surface area contributed by atoms with Crippen LogP contribution in [0.3, 0.4) is 0 Å². The molecule has 0 fully saturated rings. The van der Waals surface area contributed by atoms with Crippen LogP contribution in [-0.4, -0.2) is 42.3 Å². The Labute approximate surface area is 193 Å². The van der Waals surface area contributed by atoms with Crippen molar-refractivity contribution in [2.24, 2.45) is 0 Å². The zero-order valence-corrected chi connectivity index (χ0v) is 18.0. The van der Waals surface area contributed by atoms with Crippen LogP contribution in [0.15, 0.2) is 66.7 Å². The van der Waals surface area contributed by atoms with Crippen molar-refractivity contribution in [1.82, 2.24) is 4.90 Å². The van der Waals surface area contributed by atoms with E-state index < -0.39 is 36.1 Å². The molecule has 0 radical (unpaired) electrons. The maximum atomic E-state index is 13.0. The van der Waals surface area contributed by atoms with E-state index in [0.29, 0.717) is 22.4 Å². The maximum Gasteiger partial charge on any atom is 0.342 e. The molecule has 0 bridgehead atoms. The SMILES string of the molecule is COc1ccc(CN2C(=O)c3ccccc3C2=O)cc1C(=O)OCC(=O)Nc1ccc(F)cc1. The average Bonchev–Trinajstić information content (AvgIpc) is 3.09. The second kappa shape index (κ2) is 9.53. The molecule has 0 spiro atoms. The number of nitrogens with one attached hydrogen (secondary N) is 1. The highest BCUT2D eigenvalue weighted by molar-refractivity contribution is 6.21. The summed E-state index contributed by atoms with van der Waals surface area (Å²) in [7, 11) is 1.37. The number of nitrogens with zero attached hydrogens (tertiary/aromatic N) is 1. The van der Waals surface area contributed by atoms with Gasteiger partial charge in [0.05, 0.1) is 24.8 Å². The summed E-state index contributed by atoms with van der Waals surface area (Å²) < 4.78 is 23.3. The standard InChI is InChI=1S/C25H19FN2O6/c1-33-21-11-6-15(13-28-23(30)18-4-2-3-5-19(18)24(28)31)12-20(21)25(32)34-14-22(29)27-17-9-7-16(26)8-10-17/h2-12H,13-14H2,1H3,(H,27,29). The van der Waals surface area contributed by atoms with Gasteiger partial charge in [-0.05, 0) is 54.1 Å². The smallest absolute Gasteiger partial charge is 0.342 e. The summed E-state index contributed by atoms with van der Waals surface area (Å²) in [5.74, 6) is -2.51. The topological polar surface area (TPSA) is 102 Å². The van der Waals surface area contributed by atoms with Gasteiger partial charge in [-0.1, -0.05) is 18.2 Å². The van der Waals surface area contributed by atoms with Gasteiger partial charge in [0.1, 0.15) is 17.1 Å². The molecule has 0 saturated carbocycles. The highest BCUT2D eigenvalue weighted by Gasteiger charge is 2.35. The van der Waals surface area contributed by atoms with Crippen LogP contribution < -0.4 is 10.1 Å². The van der Waals surface area contributed by atoms with Crippen molar-refractivity contribution in [2.45, 2.75) is 6.54 Å². The molecule has 3 aromatic carbocycles. The van der Waals surface area contributed by atoms with Gasteiger partial charge in [0, 0.05) is 5.69 Å². The molecule has 1 N–H and O–H groups in total.